The molecule has 0 N–H and O–H groups in total. The Morgan fingerprint density at radius 1 is 1.06 bits per heavy atom. The van der Waals surface area contributed by atoms with E-state index in [1.807, 2.05) is 36.4 Å². The van der Waals surface area contributed by atoms with Crippen molar-refractivity contribution in [2.45, 2.75) is 31.9 Å². The van der Waals surface area contributed by atoms with Crippen molar-refractivity contribution >= 4 is 34.8 Å². The van der Waals surface area contributed by atoms with Crippen LogP contribution in [0.15, 0.2) is 58.2 Å². The molecule has 2 heterocycles. The number of anilines is 2. The number of benzene rings is 2. The van der Waals surface area contributed by atoms with E-state index in [0.717, 1.165) is 43.0 Å². The summed E-state index contributed by atoms with van der Waals surface area (Å²) in [7, 11) is 0. The number of carbonyl (C=O) groups excluding carboxylic acids is 2. The van der Waals surface area contributed by atoms with Gasteiger partial charge in [-0.15, -0.1) is 10.2 Å². The maximum Gasteiger partial charge on any atom is 0.277 e. The van der Waals surface area contributed by atoms with Crippen LogP contribution in [0.3, 0.4) is 0 Å². The fraction of sp³-hybridized carbons (Fsp3) is 0.333. The van der Waals surface area contributed by atoms with Gasteiger partial charge in [0.15, 0.2) is 5.78 Å². The second-order valence-corrected chi connectivity index (χ2v) is 8.43. The molecule has 1 aliphatic heterocycles. The Labute approximate surface area is 191 Å². The van der Waals surface area contributed by atoms with Gasteiger partial charge in [0.25, 0.3) is 5.22 Å². The number of nitrogens with zero attached hydrogens (tertiary/aromatic N) is 4. The highest BCUT2D eigenvalue weighted by molar-refractivity contribution is 7.99. The standard InChI is InChI=1S/C24H26N4O3S/c1-3-27(4-2)19-11-9-18(10-12-19)23-25-26-24(31-23)32-16-21(29)17-7-13-20(14-8-17)28-15-5-6-22(28)30/h7-14H,3-6,15-16H2,1-2H3. The van der Waals surface area contributed by atoms with E-state index in [-0.39, 0.29) is 17.4 Å². The first kappa shape index (κ1) is 22.1. The van der Waals surface area contributed by atoms with Gasteiger partial charge in [-0.3, -0.25) is 9.59 Å². The third kappa shape index (κ3) is 4.85. The Kier molecular flexibility index (Phi) is 6.90. The first-order chi connectivity index (χ1) is 15.6. The van der Waals surface area contributed by atoms with Gasteiger partial charge in [0.2, 0.25) is 11.8 Å². The summed E-state index contributed by atoms with van der Waals surface area (Å²) >= 11 is 1.22. The Morgan fingerprint density at radius 3 is 2.41 bits per heavy atom. The average molecular weight is 451 g/mol. The molecule has 0 unspecified atom stereocenters. The van der Waals surface area contributed by atoms with Crippen LogP contribution < -0.4 is 9.80 Å². The van der Waals surface area contributed by atoms with Crippen LogP contribution in [0.4, 0.5) is 11.4 Å². The molecule has 1 fully saturated rings. The third-order valence-corrected chi connectivity index (χ3v) is 6.37. The Balaban J connectivity index is 1.35. The first-order valence-corrected chi connectivity index (χ1v) is 11.8. The Bertz CT molecular complexity index is 1080. The molecule has 32 heavy (non-hydrogen) atoms. The molecule has 0 saturated carbocycles. The zero-order valence-electron chi connectivity index (χ0n) is 18.3. The molecule has 0 aliphatic carbocycles. The van der Waals surface area contributed by atoms with Crippen molar-refractivity contribution in [1.82, 2.24) is 10.2 Å². The van der Waals surface area contributed by atoms with Gasteiger partial charge < -0.3 is 14.2 Å². The van der Waals surface area contributed by atoms with Gasteiger partial charge in [-0.25, -0.2) is 0 Å². The van der Waals surface area contributed by atoms with Crippen LogP contribution in [0.1, 0.15) is 37.0 Å². The quantitative estimate of drug-likeness (QED) is 0.346. The third-order valence-electron chi connectivity index (χ3n) is 5.55. The molecule has 166 valence electrons. The maximum atomic E-state index is 12.6. The van der Waals surface area contributed by atoms with Crippen LogP contribution in [0.5, 0.6) is 0 Å². The normalized spacial score (nSPS) is 13.6. The summed E-state index contributed by atoms with van der Waals surface area (Å²) < 4.78 is 5.74. The first-order valence-electron chi connectivity index (χ1n) is 10.8. The van der Waals surface area contributed by atoms with Crippen molar-refractivity contribution in [1.29, 1.82) is 0 Å². The molecule has 2 aromatic carbocycles. The lowest BCUT2D eigenvalue weighted by atomic mass is 10.1. The van der Waals surface area contributed by atoms with Crippen LogP contribution in [0, 0.1) is 0 Å². The van der Waals surface area contributed by atoms with E-state index in [0.29, 0.717) is 23.1 Å². The van der Waals surface area contributed by atoms with E-state index >= 15 is 0 Å². The highest BCUT2D eigenvalue weighted by atomic mass is 32.2. The van der Waals surface area contributed by atoms with Gasteiger partial charge in [0.1, 0.15) is 0 Å². The van der Waals surface area contributed by atoms with E-state index in [1.54, 1.807) is 17.0 Å². The van der Waals surface area contributed by atoms with Gasteiger partial charge >= 0.3 is 0 Å². The molecule has 0 bridgehead atoms. The summed E-state index contributed by atoms with van der Waals surface area (Å²) in [4.78, 5) is 28.4. The van der Waals surface area contributed by atoms with Crippen LogP contribution in [0.2, 0.25) is 0 Å². The monoisotopic (exact) mass is 450 g/mol. The number of thioether (sulfide) groups is 1. The lowest BCUT2D eigenvalue weighted by molar-refractivity contribution is -0.117. The number of Topliss-reactive ketones (excluding diaryl/α,β-unsaturated/α-hetero) is 1. The van der Waals surface area contributed by atoms with Crippen molar-refractivity contribution in [2.24, 2.45) is 0 Å². The predicted molar refractivity (Wildman–Crippen MR) is 126 cm³/mol. The highest BCUT2D eigenvalue weighted by Crippen LogP contribution is 2.26. The molecule has 4 rings (SSSR count). The molecule has 7 nitrogen and oxygen atoms in total. The van der Waals surface area contributed by atoms with E-state index < -0.39 is 0 Å². The molecule has 3 aromatic rings. The van der Waals surface area contributed by atoms with Crippen LogP contribution in [-0.2, 0) is 4.79 Å². The minimum atomic E-state index is -0.0300. The summed E-state index contributed by atoms with van der Waals surface area (Å²) in [6, 6.07) is 15.2. The number of aromatic nitrogens is 2. The second kappa shape index (κ2) is 9.99. The minimum absolute atomic E-state index is 0.0300. The molecule has 0 atom stereocenters. The molecule has 1 aromatic heterocycles. The molecular weight excluding hydrogens is 424 g/mol. The highest BCUT2D eigenvalue weighted by Gasteiger charge is 2.21. The summed E-state index contributed by atoms with van der Waals surface area (Å²) in [6.07, 6.45) is 1.46. The summed E-state index contributed by atoms with van der Waals surface area (Å²) in [5.41, 5.74) is 3.43. The van der Waals surface area contributed by atoms with E-state index in [4.69, 9.17) is 4.42 Å². The van der Waals surface area contributed by atoms with Gasteiger partial charge in [0, 0.05) is 48.6 Å². The number of ketones is 1. The van der Waals surface area contributed by atoms with Crippen molar-refractivity contribution in [3.05, 3.63) is 54.1 Å². The summed E-state index contributed by atoms with van der Waals surface area (Å²) in [6.45, 7) is 6.89. The fourth-order valence-electron chi connectivity index (χ4n) is 3.75. The van der Waals surface area contributed by atoms with Gasteiger partial charge in [0.05, 0.1) is 5.75 Å². The van der Waals surface area contributed by atoms with E-state index in [1.165, 1.54) is 11.8 Å². The fourth-order valence-corrected chi connectivity index (χ4v) is 4.41. The Morgan fingerprint density at radius 2 is 1.78 bits per heavy atom. The number of carbonyl (C=O) groups is 2. The van der Waals surface area contributed by atoms with Gasteiger partial charge in [-0.05, 0) is 68.8 Å². The Hall–Kier alpha value is -3.13. The van der Waals surface area contributed by atoms with Crippen molar-refractivity contribution < 1.29 is 14.0 Å². The predicted octanol–water partition coefficient (Wildman–Crippen LogP) is 4.68. The SMILES string of the molecule is CCN(CC)c1ccc(-c2nnc(SCC(=O)c3ccc(N4CCCC4=O)cc3)o2)cc1. The number of amides is 1. The molecule has 1 amide bonds. The van der Waals surface area contributed by atoms with Crippen LogP contribution >= 0.6 is 11.8 Å². The van der Waals surface area contributed by atoms with Crippen LogP contribution in [0.25, 0.3) is 11.5 Å². The molecule has 0 spiro atoms. The lowest BCUT2D eigenvalue weighted by Gasteiger charge is -2.20. The van der Waals surface area contributed by atoms with Crippen LogP contribution in [-0.4, -0.2) is 47.3 Å². The zero-order chi connectivity index (χ0) is 22.5. The topological polar surface area (TPSA) is 79.5 Å². The van der Waals surface area contributed by atoms with E-state index in [2.05, 4.69) is 28.9 Å². The second-order valence-electron chi connectivity index (χ2n) is 7.50. The number of hydrogen-bond acceptors (Lipinski definition) is 7. The molecule has 8 heteroatoms. The zero-order valence-corrected chi connectivity index (χ0v) is 19.1. The molecule has 1 saturated heterocycles. The largest absolute Gasteiger partial charge is 0.411 e. The lowest BCUT2D eigenvalue weighted by Crippen LogP contribution is -2.23. The minimum Gasteiger partial charge on any atom is -0.411 e. The smallest absolute Gasteiger partial charge is 0.277 e. The van der Waals surface area contributed by atoms with Gasteiger partial charge in [-0.1, -0.05) is 11.8 Å². The summed E-state index contributed by atoms with van der Waals surface area (Å²) in [5.74, 6) is 0.739. The summed E-state index contributed by atoms with van der Waals surface area (Å²) in [5, 5.41) is 8.54. The van der Waals surface area contributed by atoms with Crippen molar-refractivity contribution in [3.8, 4) is 11.5 Å². The molecule has 1 aliphatic rings. The van der Waals surface area contributed by atoms with Gasteiger partial charge in [-0.2, -0.15) is 0 Å². The maximum absolute atomic E-state index is 12.6. The molecule has 0 radical (unpaired) electrons. The van der Waals surface area contributed by atoms with E-state index in [9.17, 15) is 9.59 Å². The number of rotatable bonds is 9. The number of hydrogen-bond donors (Lipinski definition) is 0. The average Bonchev–Trinajstić information content (AvgIpc) is 3.48. The van der Waals surface area contributed by atoms with Crippen molar-refractivity contribution in [2.75, 3.05) is 35.2 Å². The molecular formula is C24H26N4O3S. The van der Waals surface area contributed by atoms with Crippen molar-refractivity contribution in [3.63, 3.8) is 0 Å².